The van der Waals surface area contributed by atoms with Crippen molar-refractivity contribution in [3.63, 3.8) is 0 Å². The van der Waals surface area contributed by atoms with E-state index in [1.807, 2.05) is 0 Å². The third-order valence-corrected chi connectivity index (χ3v) is 3.86. The molecule has 2 rings (SSSR count). The zero-order chi connectivity index (χ0) is 12.8. The summed E-state index contributed by atoms with van der Waals surface area (Å²) in [5.74, 6) is 1.05. The van der Waals surface area contributed by atoms with Crippen molar-refractivity contribution in [3.8, 4) is 0 Å². The van der Waals surface area contributed by atoms with Crippen molar-refractivity contribution in [2.75, 3.05) is 13.2 Å². The van der Waals surface area contributed by atoms with E-state index in [0.29, 0.717) is 0 Å². The summed E-state index contributed by atoms with van der Waals surface area (Å²) >= 11 is 1.48. The SMILES string of the molecule is CCCNC(C1=CCCCO1)c1snnc1CC. The van der Waals surface area contributed by atoms with Crippen molar-refractivity contribution in [3.05, 3.63) is 22.4 Å². The summed E-state index contributed by atoms with van der Waals surface area (Å²) in [5.41, 5.74) is 1.09. The molecule has 2 heterocycles. The molecule has 5 heteroatoms. The Morgan fingerprint density at radius 1 is 1.50 bits per heavy atom. The Balaban J connectivity index is 2.21. The number of ether oxygens (including phenoxy) is 1. The maximum Gasteiger partial charge on any atom is 0.114 e. The minimum Gasteiger partial charge on any atom is -0.496 e. The van der Waals surface area contributed by atoms with Crippen LogP contribution in [0.3, 0.4) is 0 Å². The van der Waals surface area contributed by atoms with Gasteiger partial charge in [0.05, 0.1) is 17.2 Å². The van der Waals surface area contributed by atoms with Gasteiger partial charge in [-0.15, -0.1) is 5.10 Å². The molecule has 1 aromatic rings. The molecule has 0 amide bonds. The molecule has 0 saturated carbocycles. The number of nitrogens with one attached hydrogen (secondary N) is 1. The highest BCUT2D eigenvalue weighted by atomic mass is 32.1. The van der Waals surface area contributed by atoms with E-state index in [1.165, 1.54) is 16.4 Å². The summed E-state index contributed by atoms with van der Waals surface area (Å²) in [6, 6.07) is 0.139. The van der Waals surface area contributed by atoms with E-state index >= 15 is 0 Å². The van der Waals surface area contributed by atoms with Crippen LogP contribution >= 0.6 is 11.5 Å². The lowest BCUT2D eigenvalue weighted by Crippen LogP contribution is -2.26. The van der Waals surface area contributed by atoms with Crippen LogP contribution in [0.4, 0.5) is 0 Å². The van der Waals surface area contributed by atoms with E-state index in [9.17, 15) is 0 Å². The molecule has 1 N–H and O–H groups in total. The third-order valence-electron chi connectivity index (χ3n) is 3.03. The summed E-state index contributed by atoms with van der Waals surface area (Å²) in [6.45, 7) is 6.09. The number of nitrogens with zero attached hydrogens (tertiary/aromatic N) is 2. The van der Waals surface area contributed by atoms with Gasteiger partial charge in [0.25, 0.3) is 0 Å². The summed E-state index contributed by atoms with van der Waals surface area (Å²) in [4.78, 5) is 1.21. The van der Waals surface area contributed by atoms with Crippen molar-refractivity contribution >= 4 is 11.5 Å². The molecule has 1 aromatic heterocycles. The second kappa shape index (κ2) is 6.85. The number of hydrogen-bond acceptors (Lipinski definition) is 5. The van der Waals surface area contributed by atoms with Gasteiger partial charge in [0.15, 0.2) is 0 Å². The van der Waals surface area contributed by atoms with Gasteiger partial charge in [-0.25, -0.2) is 0 Å². The lowest BCUT2D eigenvalue weighted by molar-refractivity contribution is 0.168. The highest BCUT2D eigenvalue weighted by Gasteiger charge is 2.24. The van der Waals surface area contributed by atoms with Gasteiger partial charge in [-0.2, -0.15) is 0 Å². The highest BCUT2D eigenvalue weighted by Crippen LogP contribution is 2.30. The zero-order valence-electron chi connectivity index (χ0n) is 11.1. The zero-order valence-corrected chi connectivity index (χ0v) is 11.9. The number of allylic oxidation sites excluding steroid dienone is 1. The molecular formula is C13H21N3OS. The number of hydrogen-bond donors (Lipinski definition) is 1. The Morgan fingerprint density at radius 3 is 3.06 bits per heavy atom. The van der Waals surface area contributed by atoms with Gasteiger partial charge < -0.3 is 10.1 Å². The van der Waals surface area contributed by atoms with Crippen LogP contribution in [0, 0.1) is 0 Å². The Labute approximate surface area is 113 Å². The van der Waals surface area contributed by atoms with E-state index in [-0.39, 0.29) is 6.04 Å². The van der Waals surface area contributed by atoms with Crippen LogP contribution in [0.25, 0.3) is 0 Å². The van der Waals surface area contributed by atoms with Crippen molar-refractivity contribution in [1.82, 2.24) is 14.9 Å². The van der Waals surface area contributed by atoms with Gasteiger partial charge in [-0.1, -0.05) is 18.3 Å². The summed E-state index contributed by atoms with van der Waals surface area (Å²) in [5, 5.41) is 7.76. The van der Waals surface area contributed by atoms with Crippen LogP contribution in [-0.4, -0.2) is 22.7 Å². The lowest BCUT2D eigenvalue weighted by atomic mass is 10.1. The molecule has 1 atom stereocenters. The van der Waals surface area contributed by atoms with Crippen molar-refractivity contribution in [2.45, 2.75) is 45.6 Å². The second-order valence-corrected chi connectivity index (χ2v) is 5.21. The van der Waals surface area contributed by atoms with Gasteiger partial charge in [-0.3, -0.25) is 0 Å². The molecule has 1 aliphatic heterocycles. The quantitative estimate of drug-likeness (QED) is 0.861. The molecule has 0 aliphatic carbocycles. The summed E-state index contributed by atoms with van der Waals surface area (Å²) in [6.07, 6.45) is 6.45. The van der Waals surface area contributed by atoms with Crippen LogP contribution in [0.1, 0.15) is 49.7 Å². The molecule has 1 aliphatic rings. The fraction of sp³-hybridized carbons (Fsp3) is 0.692. The predicted molar refractivity (Wildman–Crippen MR) is 73.6 cm³/mol. The smallest absolute Gasteiger partial charge is 0.114 e. The third kappa shape index (κ3) is 3.09. The number of rotatable bonds is 6. The maximum atomic E-state index is 5.81. The maximum absolute atomic E-state index is 5.81. The first-order valence-corrected chi connectivity index (χ1v) is 7.51. The van der Waals surface area contributed by atoms with Crippen molar-refractivity contribution < 1.29 is 4.74 Å². The molecule has 0 fully saturated rings. The molecular weight excluding hydrogens is 246 g/mol. The van der Waals surface area contributed by atoms with E-state index in [2.05, 4.69) is 34.8 Å². The largest absolute Gasteiger partial charge is 0.496 e. The Bertz CT molecular complexity index is 403. The fourth-order valence-corrected chi connectivity index (χ4v) is 2.89. The van der Waals surface area contributed by atoms with Crippen LogP contribution in [0.2, 0.25) is 0 Å². The van der Waals surface area contributed by atoms with E-state index in [4.69, 9.17) is 4.74 Å². The standard InChI is InChI=1S/C13H21N3OS/c1-3-8-14-12(11-7-5-6-9-17-11)13-10(4-2)15-16-18-13/h7,12,14H,3-6,8-9H2,1-2H3. The molecule has 0 spiro atoms. The molecule has 0 aromatic carbocycles. The first-order valence-electron chi connectivity index (χ1n) is 6.74. The Hall–Kier alpha value is -0.940. The number of aryl methyl sites for hydroxylation is 1. The Morgan fingerprint density at radius 2 is 2.39 bits per heavy atom. The summed E-state index contributed by atoms with van der Waals surface area (Å²) in [7, 11) is 0. The van der Waals surface area contributed by atoms with Gasteiger partial charge >= 0.3 is 0 Å². The normalized spacial score (nSPS) is 17.1. The van der Waals surface area contributed by atoms with Crippen molar-refractivity contribution in [2.24, 2.45) is 0 Å². The first kappa shape index (κ1) is 13.5. The average Bonchev–Trinajstić information content (AvgIpc) is 2.89. The van der Waals surface area contributed by atoms with Gasteiger partial charge in [-0.05, 0) is 49.8 Å². The molecule has 18 heavy (non-hydrogen) atoms. The van der Waals surface area contributed by atoms with Gasteiger partial charge in [0, 0.05) is 0 Å². The minimum absolute atomic E-state index is 0.139. The Kier molecular flexibility index (Phi) is 5.13. The van der Waals surface area contributed by atoms with E-state index in [0.717, 1.165) is 50.3 Å². The van der Waals surface area contributed by atoms with E-state index < -0.39 is 0 Å². The van der Waals surface area contributed by atoms with Crippen LogP contribution in [0.15, 0.2) is 11.8 Å². The van der Waals surface area contributed by atoms with Crippen molar-refractivity contribution in [1.29, 1.82) is 0 Å². The van der Waals surface area contributed by atoms with Gasteiger partial charge in [0.2, 0.25) is 0 Å². The molecule has 4 nitrogen and oxygen atoms in total. The lowest BCUT2D eigenvalue weighted by Gasteiger charge is -2.24. The second-order valence-electron chi connectivity index (χ2n) is 4.42. The summed E-state index contributed by atoms with van der Waals surface area (Å²) < 4.78 is 9.90. The number of aromatic nitrogens is 2. The molecule has 1 unspecified atom stereocenters. The highest BCUT2D eigenvalue weighted by molar-refractivity contribution is 7.05. The molecule has 100 valence electrons. The van der Waals surface area contributed by atoms with E-state index in [1.54, 1.807) is 0 Å². The monoisotopic (exact) mass is 267 g/mol. The topological polar surface area (TPSA) is 47.0 Å². The van der Waals surface area contributed by atoms with Crippen LogP contribution in [0.5, 0.6) is 0 Å². The molecule has 0 saturated heterocycles. The predicted octanol–water partition coefficient (Wildman–Crippen LogP) is 2.84. The van der Waals surface area contributed by atoms with Crippen LogP contribution < -0.4 is 5.32 Å². The van der Waals surface area contributed by atoms with Crippen LogP contribution in [-0.2, 0) is 11.2 Å². The fourth-order valence-electron chi connectivity index (χ4n) is 2.07. The van der Waals surface area contributed by atoms with Gasteiger partial charge in [0.1, 0.15) is 11.8 Å². The first-order chi connectivity index (χ1) is 8.86. The average molecular weight is 267 g/mol. The minimum atomic E-state index is 0.139. The molecule has 0 radical (unpaired) electrons. The molecule has 0 bridgehead atoms.